The van der Waals surface area contributed by atoms with Gasteiger partial charge in [-0.05, 0) is 73.1 Å². The van der Waals surface area contributed by atoms with Crippen LogP contribution >= 0.6 is 22.9 Å². The third-order valence-corrected chi connectivity index (χ3v) is 9.53. The molecule has 1 amide bonds. The number of rotatable bonds is 4. The van der Waals surface area contributed by atoms with E-state index in [4.69, 9.17) is 11.6 Å². The van der Waals surface area contributed by atoms with Crippen LogP contribution in [0.1, 0.15) is 72.4 Å². The molecule has 33 heavy (non-hydrogen) atoms. The van der Waals surface area contributed by atoms with Gasteiger partial charge in [-0.1, -0.05) is 17.7 Å². The van der Waals surface area contributed by atoms with E-state index in [2.05, 4.69) is 15.7 Å². The van der Waals surface area contributed by atoms with Crippen molar-refractivity contribution in [2.24, 2.45) is 23.2 Å². The number of carbonyl (C=O) groups is 1. The second-order valence-electron chi connectivity index (χ2n) is 10.6. The molecule has 5 aliphatic rings. The third-order valence-electron chi connectivity index (χ3n) is 8.19. The maximum Gasteiger partial charge on any atom is 0.410 e. The number of hydrogen-bond acceptors (Lipinski definition) is 4. The molecular formula is C23H26ClF3N4OS. The Bertz CT molecular complexity index is 1030. The summed E-state index contributed by atoms with van der Waals surface area (Å²) in [6.07, 6.45) is 2.61. The summed E-state index contributed by atoms with van der Waals surface area (Å²) in [5, 5.41) is 11.9. The highest BCUT2D eigenvalue weighted by molar-refractivity contribution is 7.10. The molecule has 2 aromatic rings. The number of hydrogen-bond donors (Lipinski definition) is 2. The van der Waals surface area contributed by atoms with Gasteiger partial charge in [0.1, 0.15) is 10.8 Å². The van der Waals surface area contributed by atoms with E-state index in [-0.39, 0.29) is 28.4 Å². The Kier molecular flexibility index (Phi) is 5.04. The molecule has 2 atom stereocenters. The molecule has 178 valence electrons. The Labute approximate surface area is 199 Å². The van der Waals surface area contributed by atoms with Crippen molar-refractivity contribution < 1.29 is 18.0 Å². The Morgan fingerprint density at radius 3 is 2.45 bits per heavy atom. The highest BCUT2D eigenvalue weighted by Crippen LogP contribution is 2.59. The molecule has 4 aliphatic carbocycles. The van der Waals surface area contributed by atoms with Crippen molar-refractivity contribution in [3.63, 3.8) is 0 Å². The lowest BCUT2D eigenvalue weighted by atomic mass is 9.49. The van der Waals surface area contributed by atoms with Crippen LogP contribution in [0.3, 0.4) is 0 Å². The first-order valence-electron chi connectivity index (χ1n) is 11.6. The number of thiophene rings is 1. The quantitative estimate of drug-likeness (QED) is 0.527. The van der Waals surface area contributed by atoms with Crippen molar-refractivity contribution >= 4 is 34.7 Å². The molecule has 4 bridgehead atoms. The lowest BCUT2D eigenvalue weighted by Gasteiger charge is -2.56. The monoisotopic (exact) mass is 498 g/mol. The van der Waals surface area contributed by atoms with Crippen LogP contribution in [0.2, 0.25) is 5.02 Å². The number of nitrogens with zero attached hydrogens (tertiary/aromatic N) is 2. The first kappa shape index (κ1) is 21.8. The second-order valence-corrected chi connectivity index (χ2v) is 11.9. The minimum Gasteiger partial charge on any atom is -0.361 e. The fraction of sp³-hybridized carbons (Fsp3) is 0.652. The average molecular weight is 499 g/mol. The summed E-state index contributed by atoms with van der Waals surface area (Å²) in [6.45, 7) is 0.543. The maximum atomic E-state index is 13.9. The highest BCUT2D eigenvalue weighted by atomic mass is 35.5. The van der Waals surface area contributed by atoms with Crippen molar-refractivity contribution in [1.29, 1.82) is 0 Å². The number of halogens is 4. The number of alkyl halides is 3. The SMILES string of the molecule is O=C(NCC12CC3CC(CC(C3)C1)C2)c1nn2c(c1Cl)N[C@H](c1cccs1)C[C@@H]2C(F)(F)F. The van der Waals surface area contributed by atoms with E-state index in [0.29, 0.717) is 6.54 Å². The molecular weight excluding hydrogens is 473 g/mol. The van der Waals surface area contributed by atoms with Crippen LogP contribution in [-0.2, 0) is 0 Å². The van der Waals surface area contributed by atoms with Crippen molar-refractivity contribution in [2.45, 2.75) is 63.2 Å². The van der Waals surface area contributed by atoms with E-state index in [0.717, 1.165) is 46.6 Å². The summed E-state index contributed by atoms with van der Waals surface area (Å²) in [4.78, 5) is 13.9. The largest absolute Gasteiger partial charge is 0.410 e. The van der Waals surface area contributed by atoms with Gasteiger partial charge in [-0.3, -0.25) is 4.79 Å². The van der Waals surface area contributed by atoms with Crippen LogP contribution in [0.15, 0.2) is 17.5 Å². The molecule has 0 aromatic carbocycles. The summed E-state index contributed by atoms with van der Waals surface area (Å²) in [5.74, 6) is 1.82. The summed E-state index contributed by atoms with van der Waals surface area (Å²) < 4.78 is 42.6. The molecule has 1 aliphatic heterocycles. The minimum absolute atomic E-state index is 0.0477. The molecule has 4 fully saturated rings. The van der Waals surface area contributed by atoms with Crippen LogP contribution in [-0.4, -0.2) is 28.4 Å². The first-order valence-corrected chi connectivity index (χ1v) is 12.9. The van der Waals surface area contributed by atoms with Crippen LogP contribution in [0, 0.1) is 23.2 Å². The number of carbonyl (C=O) groups excluding carboxylic acids is 1. The van der Waals surface area contributed by atoms with Gasteiger partial charge in [-0.25, -0.2) is 4.68 Å². The average Bonchev–Trinajstić information content (AvgIpc) is 3.38. The fourth-order valence-corrected chi connectivity index (χ4v) is 8.32. The standard InChI is InChI=1S/C23H26ClF3N4OS/c24-18-19(21(32)28-11-22-8-12-4-13(9-22)6-14(5-12)10-22)30-31-17(23(25,26)27)7-15(29-20(18)31)16-2-1-3-33-16/h1-3,12-15,17,29H,4-11H2,(H,28,32)/t12?,13?,14?,15-,17+,22?/m0/s1. The minimum atomic E-state index is -4.51. The zero-order valence-corrected chi connectivity index (χ0v) is 19.6. The van der Waals surface area contributed by atoms with E-state index in [1.807, 2.05) is 5.38 Å². The molecule has 0 unspecified atom stereocenters. The molecule has 3 heterocycles. The second kappa shape index (κ2) is 7.63. The zero-order chi connectivity index (χ0) is 23.0. The predicted octanol–water partition coefficient (Wildman–Crippen LogP) is 6.20. The van der Waals surface area contributed by atoms with Gasteiger partial charge in [0, 0.05) is 17.8 Å². The number of amides is 1. The number of aromatic nitrogens is 2. The van der Waals surface area contributed by atoms with Crippen LogP contribution < -0.4 is 10.6 Å². The summed E-state index contributed by atoms with van der Waals surface area (Å²) in [5.41, 5.74) is -0.0160. The van der Waals surface area contributed by atoms with Gasteiger partial charge < -0.3 is 10.6 Å². The van der Waals surface area contributed by atoms with Crippen molar-refractivity contribution in [3.05, 3.63) is 33.1 Å². The number of anilines is 1. The molecule has 2 N–H and O–H groups in total. The molecule has 4 saturated carbocycles. The summed E-state index contributed by atoms with van der Waals surface area (Å²) in [7, 11) is 0. The van der Waals surface area contributed by atoms with Gasteiger partial charge in [-0.2, -0.15) is 18.3 Å². The highest BCUT2D eigenvalue weighted by Gasteiger charge is 2.51. The van der Waals surface area contributed by atoms with E-state index in [1.165, 1.54) is 30.6 Å². The van der Waals surface area contributed by atoms with Crippen LogP contribution in [0.5, 0.6) is 0 Å². The smallest absolute Gasteiger partial charge is 0.361 e. The Morgan fingerprint density at radius 2 is 1.88 bits per heavy atom. The van der Waals surface area contributed by atoms with Gasteiger partial charge in [0.25, 0.3) is 5.91 Å². The Morgan fingerprint density at radius 1 is 1.21 bits per heavy atom. The molecule has 0 saturated heterocycles. The molecule has 0 spiro atoms. The maximum absolute atomic E-state index is 13.9. The molecule has 7 rings (SSSR count). The van der Waals surface area contributed by atoms with E-state index in [1.54, 1.807) is 12.1 Å². The summed E-state index contributed by atoms with van der Waals surface area (Å²) >= 11 is 7.85. The number of nitrogens with one attached hydrogen (secondary N) is 2. The molecule has 5 nitrogen and oxygen atoms in total. The fourth-order valence-electron chi connectivity index (χ4n) is 7.27. The van der Waals surface area contributed by atoms with Crippen molar-refractivity contribution in [3.8, 4) is 0 Å². The van der Waals surface area contributed by atoms with E-state index < -0.39 is 24.2 Å². The van der Waals surface area contributed by atoms with Crippen LogP contribution in [0.4, 0.5) is 19.0 Å². The van der Waals surface area contributed by atoms with Crippen molar-refractivity contribution in [2.75, 3.05) is 11.9 Å². The number of fused-ring (bicyclic) bond motifs is 1. The molecule has 10 heteroatoms. The van der Waals surface area contributed by atoms with Gasteiger partial charge in [0.15, 0.2) is 11.7 Å². The van der Waals surface area contributed by atoms with Crippen molar-refractivity contribution in [1.82, 2.24) is 15.1 Å². The lowest BCUT2D eigenvalue weighted by Crippen LogP contribution is -2.51. The van der Waals surface area contributed by atoms with Gasteiger partial charge in [0.05, 0.1) is 6.04 Å². The first-order chi connectivity index (χ1) is 15.7. The Hall–Kier alpha value is -1.74. The predicted molar refractivity (Wildman–Crippen MR) is 121 cm³/mol. The summed E-state index contributed by atoms with van der Waals surface area (Å²) in [6, 6.07) is 1.22. The van der Waals surface area contributed by atoms with Gasteiger partial charge >= 0.3 is 6.18 Å². The third kappa shape index (κ3) is 3.75. The normalized spacial score (nSPS) is 34.7. The molecule has 0 radical (unpaired) electrons. The van der Waals surface area contributed by atoms with E-state index in [9.17, 15) is 18.0 Å². The van der Waals surface area contributed by atoms with Crippen LogP contribution in [0.25, 0.3) is 0 Å². The lowest BCUT2D eigenvalue weighted by molar-refractivity contribution is -0.173. The zero-order valence-electron chi connectivity index (χ0n) is 18.0. The van der Waals surface area contributed by atoms with Gasteiger partial charge in [-0.15, -0.1) is 11.3 Å². The van der Waals surface area contributed by atoms with E-state index >= 15 is 0 Å². The topological polar surface area (TPSA) is 59.0 Å². The van der Waals surface area contributed by atoms with Gasteiger partial charge in [0.2, 0.25) is 0 Å². The molecule has 2 aromatic heterocycles. The Balaban J connectivity index is 1.24.